The second-order valence-electron chi connectivity index (χ2n) is 3.60. The molecule has 0 amide bonds. The highest BCUT2D eigenvalue weighted by atomic mass is 19.3. The predicted molar refractivity (Wildman–Crippen MR) is 55.8 cm³/mol. The van der Waals surface area contributed by atoms with Crippen LogP contribution in [0.1, 0.15) is 11.1 Å². The minimum atomic E-state index is -3.41. The number of rotatable bonds is 2. The Kier molecular flexibility index (Phi) is 2.88. The van der Waals surface area contributed by atoms with Gasteiger partial charge in [-0.15, -0.1) is 0 Å². The highest BCUT2D eigenvalue weighted by Gasteiger charge is 2.34. The molecule has 0 aliphatic rings. The summed E-state index contributed by atoms with van der Waals surface area (Å²) in [5.74, 6) is -4.92. The molecule has 0 saturated heterocycles. The lowest BCUT2D eigenvalue weighted by atomic mass is 10.0. The average molecular weight is 240 g/mol. The molecule has 2 aromatic carbocycles. The van der Waals surface area contributed by atoms with Gasteiger partial charge in [0.15, 0.2) is 0 Å². The molecule has 0 nitrogen and oxygen atoms in total. The van der Waals surface area contributed by atoms with Gasteiger partial charge in [-0.25, -0.2) is 8.78 Å². The van der Waals surface area contributed by atoms with Crippen LogP contribution in [0.4, 0.5) is 17.6 Å². The quantitative estimate of drug-likeness (QED) is 0.693. The van der Waals surface area contributed by atoms with Crippen molar-refractivity contribution in [3.8, 4) is 0 Å². The molecule has 0 heterocycles. The fourth-order valence-corrected chi connectivity index (χ4v) is 1.53. The fraction of sp³-hybridized carbons (Fsp3) is 0.0769. The van der Waals surface area contributed by atoms with E-state index < -0.39 is 28.7 Å². The van der Waals surface area contributed by atoms with Crippen LogP contribution in [-0.2, 0) is 5.92 Å². The molecule has 0 unspecified atom stereocenters. The van der Waals surface area contributed by atoms with E-state index in [0.717, 1.165) is 36.4 Å². The molecule has 0 bridgehead atoms. The van der Waals surface area contributed by atoms with Gasteiger partial charge in [-0.1, -0.05) is 24.3 Å². The summed E-state index contributed by atoms with van der Waals surface area (Å²) in [6, 6.07) is 8.23. The molecule has 0 aliphatic carbocycles. The van der Waals surface area contributed by atoms with Crippen molar-refractivity contribution in [1.82, 2.24) is 0 Å². The molecular formula is C13H8F4. The van der Waals surface area contributed by atoms with Crippen LogP contribution >= 0.6 is 0 Å². The topological polar surface area (TPSA) is 0 Å². The summed E-state index contributed by atoms with van der Waals surface area (Å²) in [6.07, 6.45) is 0. The number of hydrogen-bond acceptors (Lipinski definition) is 0. The van der Waals surface area contributed by atoms with Crippen molar-refractivity contribution < 1.29 is 17.6 Å². The van der Waals surface area contributed by atoms with Gasteiger partial charge >= 0.3 is 0 Å². The SMILES string of the molecule is Fc1cccc(C(F)(F)c2cccc(F)c2)c1. The van der Waals surface area contributed by atoms with Crippen molar-refractivity contribution in [1.29, 1.82) is 0 Å². The van der Waals surface area contributed by atoms with E-state index in [1.165, 1.54) is 12.1 Å². The van der Waals surface area contributed by atoms with Gasteiger partial charge < -0.3 is 0 Å². The molecule has 0 N–H and O–H groups in total. The molecular weight excluding hydrogens is 232 g/mol. The Morgan fingerprint density at radius 1 is 0.706 bits per heavy atom. The van der Waals surface area contributed by atoms with Gasteiger partial charge in [0.25, 0.3) is 5.92 Å². The van der Waals surface area contributed by atoms with Crippen molar-refractivity contribution in [2.24, 2.45) is 0 Å². The molecule has 4 heteroatoms. The summed E-state index contributed by atoms with van der Waals surface area (Å²) in [7, 11) is 0. The summed E-state index contributed by atoms with van der Waals surface area (Å²) >= 11 is 0. The van der Waals surface area contributed by atoms with Crippen molar-refractivity contribution in [2.45, 2.75) is 5.92 Å². The van der Waals surface area contributed by atoms with E-state index in [-0.39, 0.29) is 0 Å². The summed E-state index contributed by atoms with van der Waals surface area (Å²) in [5.41, 5.74) is -0.994. The number of hydrogen-bond donors (Lipinski definition) is 0. The van der Waals surface area contributed by atoms with Gasteiger partial charge in [0.2, 0.25) is 0 Å². The monoisotopic (exact) mass is 240 g/mol. The molecule has 0 spiro atoms. The average Bonchev–Trinajstić information content (AvgIpc) is 2.29. The van der Waals surface area contributed by atoms with Gasteiger partial charge in [-0.3, -0.25) is 0 Å². The Morgan fingerprint density at radius 2 is 1.12 bits per heavy atom. The Hall–Kier alpha value is -1.84. The van der Waals surface area contributed by atoms with Crippen LogP contribution in [0.15, 0.2) is 48.5 Å². The number of halogens is 4. The van der Waals surface area contributed by atoms with Gasteiger partial charge in [0.1, 0.15) is 11.6 Å². The summed E-state index contributed by atoms with van der Waals surface area (Å²) in [5, 5.41) is 0. The lowest BCUT2D eigenvalue weighted by Crippen LogP contribution is -2.15. The summed E-state index contributed by atoms with van der Waals surface area (Å²) < 4.78 is 53.6. The Bertz CT molecular complexity index is 487. The third-order valence-electron chi connectivity index (χ3n) is 2.37. The maximum atomic E-state index is 13.9. The van der Waals surface area contributed by atoms with Crippen LogP contribution in [0, 0.1) is 11.6 Å². The molecule has 0 atom stereocenters. The van der Waals surface area contributed by atoms with E-state index >= 15 is 0 Å². The molecule has 0 radical (unpaired) electrons. The maximum Gasteiger partial charge on any atom is 0.298 e. The van der Waals surface area contributed by atoms with Crippen LogP contribution in [0.5, 0.6) is 0 Å². The molecule has 2 rings (SSSR count). The highest BCUT2D eigenvalue weighted by Crippen LogP contribution is 2.35. The zero-order valence-corrected chi connectivity index (χ0v) is 8.63. The molecule has 0 saturated carbocycles. The summed E-state index contributed by atoms with van der Waals surface area (Å²) in [6.45, 7) is 0. The standard InChI is InChI=1S/C13H8F4/c14-11-5-1-3-9(7-11)13(16,17)10-4-2-6-12(15)8-10/h1-8H. The molecule has 0 fully saturated rings. The zero-order chi connectivity index (χ0) is 12.5. The van der Waals surface area contributed by atoms with Gasteiger partial charge in [-0.05, 0) is 24.3 Å². The Balaban J connectivity index is 2.49. The fourth-order valence-electron chi connectivity index (χ4n) is 1.53. The van der Waals surface area contributed by atoms with Crippen molar-refractivity contribution in [2.75, 3.05) is 0 Å². The predicted octanol–water partition coefficient (Wildman–Crippen LogP) is 4.10. The van der Waals surface area contributed by atoms with E-state index in [4.69, 9.17) is 0 Å². The minimum absolute atomic E-state index is 0.497. The number of alkyl halides is 2. The number of benzene rings is 2. The second kappa shape index (κ2) is 4.20. The molecule has 0 aromatic heterocycles. The van der Waals surface area contributed by atoms with E-state index in [2.05, 4.69) is 0 Å². The first-order valence-electron chi connectivity index (χ1n) is 4.90. The Labute approximate surface area is 95.5 Å². The van der Waals surface area contributed by atoms with Gasteiger partial charge in [0, 0.05) is 11.1 Å². The van der Waals surface area contributed by atoms with Crippen LogP contribution in [0.2, 0.25) is 0 Å². The van der Waals surface area contributed by atoms with Crippen LogP contribution in [0.3, 0.4) is 0 Å². The van der Waals surface area contributed by atoms with Crippen LogP contribution < -0.4 is 0 Å². The third kappa shape index (κ3) is 2.30. The first-order valence-corrected chi connectivity index (χ1v) is 4.90. The molecule has 0 aliphatic heterocycles. The normalized spacial score (nSPS) is 11.5. The largest absolute Gasteiger partial charge is 0.298 e. The van der Waals surface area contributed by atoms with Crippen molar-refractivity contribution in [3.05, 3.63) is 71.3 Å². The maximum absolute atomic E-state index is 13.9. The molecule has 17 heavy (non-hydrogen) atoms. The second-order valence-corrected chi connectivity index (χ2v) is 3.60. The van der Waals surface area contributed by atoms with Crippen molar-refractivity contribution >= 4 is 0 Å². The van der Waals surface area contributed by atoms with Crippen LogP contribution in [-0.4, -0.2) is 0 Å². The van der Waals surface area contributed by atoms with E-state index in [1.54, 1.807) is 0 Å². The highest BCUT2D eigenvalue weighted by molar-refractivity contribution is 5.33. The van der Waals surface area contributed by atoms with Gasteiger partial charge in [-0.2, -0.15) is 8.78 Å². The minimum Gasteiger partial charge on any atom is -0.207 e. The first kappa shape index (κ1) is 11.6. The lowest BCUT2D eigenvalue weighted by Gasteiger charge is -2.17. The van der Waals surface area contributed by atoms with E-state index in [1.807, 2.05) is 0 Å². The summed E-state index contributed by atoms with van der Waals surface area (Å²) in [4.78, 5) is 0. The lowest BCUT2D eigenvalue weighted by molar-refractivity contribution is 0.0421. The molecule has 2 aromatic rings. The van der Waals surface area contributed by atoms with Crippen molar-refractivity contribution in [3.63, 3.8) is 0 Å². The Morgan fingerprint density at radius 3 is 1.47 bits per heavy atom. The van der Waals surface area contributed by atoms with E-state index in [9.17, 15) is 17.6 Å². The van der Waals surface area contributed by atoms with Crippen LogP contribution in [0.25, 0.3) is 0 Å². The van der Waals surface area contributed by atoms with Gasteiger partial charge in [0.05, 0.1) is 0 Å². The van der Waals surface area contributed by atoms with E-state index in [0.29, 0.717) is 0 Å². The molecule has 88 valence electrons. The third-order valence-corrected chi connectivity index (χ3v) is 2.37. The first-order chi connectivity index (χ1) is 8.00. The smallest absolute Gasteiger partial charge is 0.207 e. The zero-order valence-electron chi connectivity index (χ0n) is 8.63.